The molecular formula is C17H25NO4. The molecule has 2 N–H and O–H groups in total. The van der Waals surface area contributed by atoms with Crippen molar-refractivity contribution in [3.63, 3.8) is 0 Å². The van der Waals surface area contributed by atoms with Gasteiger partial charge in [0.05, 0.1) is 5.92 Å². The van der Waals surface area contributed by atoms with Crippen LogP contribution >= 0.6 is 0 Å². The monoisotopic (exact) mass is 307 g/mol. The minimum atomic E-state index is -0.913. The molecule has 22 heavy (non-hydrogen) atoms. The van der Waals surface area contributed by atoms with E-state index in [4.69, 9.17) is 4.74 Å². The number of carboxylic acids is 1. The average molecular weight is 307 g/mol. The number of carboxylic acid groups (broad SMARTS) is 1. The zero-order valence-electron chi connectivity index (χ0n) is 13.2. The van der Waals surface area contributed by atoms with E-state index in [2.05, 4.69) is 12.2 Å². The molecule has 0 radical (unpaired) electrons. The number of hydrogen-bond donors (Lipinski definition) is 2. The van der Waals surface area contributed by atoms with Gasteiger partial charge in [-0.1, -0.05) is 43.7 Å². The van der Waals surface area contributed by atoms with E-state index in [-0.39, 0.29) is 12.5 Å². The highest BCUT2D eigenvalue weighted by Crippen LogP contribution is 2.08. The van der Waals surface area contributed by atoms with E-state index in [0.29, 0.717) is 13.0 Å². The zero-order chi connectivity index (χ0) is 16.4. The van der Waals surface area contributed by atoms with Crippen molar-refractivity contribution >= 4 is 11.9 Å². The summed E-state index contributed by atoms with van der Waals surface area (Å²) in [5.74, 6) is -1.83. The van der Waals surface area contributed by atoms with Gasteiger partial charge in [0.25, 0.3) is 0 Å². The summed E-state index contributed by atoms with van der Waals surface area (Å²) >= 11 is 0. The highest BCUT2D eigenvalue weighted by atomic mass is 16.5. The van der Waals surface area contributed by atoms with Gasteiger partial charge in [-0.2, -0.15) is 0 Å². The molecule has 0 aliphatic carbocycles. The molecule has 0 aliphatic heterocycles. The third kappa shape index (κ3) is 6.72. The Hall–Kier alpha value is -1.88. The van der Waals surface area contributed by atoms with Gasteiger partial charge < -0.3 is 15.2 Å². The Bertz CT molecular complexity index is 461. The molecule has 0 aliphatic rings. The highest BCUT2D eigenvalue weighted by Gasteiger charge is 2.21. The van der Waals surface area contributed by atoms with Crippen LogP contribution < -0.4 is 5.32 Å². The number of unbranched alkanes of at least 4 members (excludes halogenated alkanes) is 1. The van der Waals surface area contributed by atoms with Gasteiger partial charge in [-0.25, -0.2) is 0 Å². The summed E-state index contributed by atoms with van der Waals surface area (Å²) in [7, 11) is 0. The SMILES string of the molecule is CCCCOC(C)C(=O)NCC(Cc1ccccc1)C(=O)O. The number of hydrogen-bond acceptors (Lipinski definition) is 3. The summed E-state index contributed by atoms with van der Waals surface area (Å²) in [5, 5.41) is 11.9. The van der Waals surface area contributed by atoms with Crippen LogP contribution in [0.3, 0.4) is 0 Å². The van der Waals surface area contributed by atoms with E-state index in [1.165, 1.54) is 0 Å². The topological polar surface area (TPSA) is 75.6 Å². The average Bonchev–Trinajstić information content (AvgIpc) is 2.51. The van der Waals surface area contributed by atoms with Crippen LogP contribution in [0.15, 0.2) is 30.3 Å². The van der Waals surface area contributed by atoms with E-state index in [9.17, 15) is 14.7 Å². The first-order valence-electron chi connectivity index (χ1n) is 7.70. The molecule has 1 aromatic carbocycles. The molecule has 0 fully saturated rings. The molecule has 0 aromatic heterocycles. The lowest BCUT2D eigenvalue weighted by atomic mass is 9.99. The van der Waals surface area contributed by atoms with Gasteiger partial charge in [0, 0.05) is 13.2 Å². The molecule has 0 spiro atoms. The van der Waals surface area contributed by atoms with Crippen molar-refractivity contribution in [2.75, 3.05) is 13.2 Å². The number of nitrogens with one attached hydrogen (secondary N) is 1. The fraction of sp³-hybridized carbons (Fsp3) is 0.529. The Morgan fingerprint density at radius 1 is 1.27 bits per heavy atom. The fourth-order valence-electron chi connectivity index (χ4n) is 1.99. The van der Waals surface area contributed by atoms with Crippen LogP contribution in [-0.4, -0.2) is 36.2 Å². The molecule has 1 rings (SSSR count). The van der Waals surface area contributed by atoms with Crippen LogP contribution in [0.4, 0.5) is 0 Å². The number of aliphatic carboxylic acids is 1. The Balaban J connectivity index is 2.44. The molecule has 1 aromatic rings. The van der Waals surface area contributed by atoms with Crippen LogP contribution in [0.2, 0.25) is 0 Å². The molecule has 0 saturated carbocycles. The van der Waals surface area contributed by atoms with Crippen molar-refractivity contribution < 1.29 is 19.4 Å². The third-order valence-corrected chi connectivity index (χ3v) is 3.43. The normalized spacial score (nSPS) is 13.4. The Morgan fingerprint density at radius 2 is 1.95 bits per heavy atom. The summed E-state index contributed by atoms with van der Waals surface area (Å²) in [6, 6.07) is 9.39. The van der Waals surface area contributed by atoms with Gasteiger partial charge in [0.15, 0.2) is 0 Å². The summed E-state index contributed by atoms with van der Waals surface area (Å²) < 4.78 is 5.40. The van der Waals surface area contributed by atoms with Crippen molar-refractivity contribution in [1.29, 1.82) is 0 Å². The first-order chi connectivity index (χ1) is 10.5. The van der Waals surface area contributed by atoms with Gasteiger partial charge in [-0.15, -0.1) is 0 Å². The molecule has 0 bridgehead atoms. The quantitative estimate of drug-likeness (QED) is 0.650. The maximum absolute atomic E-state index is 11.9. The lowest BCUT2D eigenvalue weighted by molar-refractivity contribution is -0.142. The second-order valence-electron chi connectivity index (χ2n) is 5.34. The third-order valence-electron chi connectivity index (χ3n) is 3.43. The number of ether oxygens (including phenoxy) is 1. The molecule has 2 atom stereocenters. The number of rotatable bonds is 10. The van der Waals surface area contributed by atoms with Gasteiger partial charge in [0.1, 0.15) is 6.10 Å². The van der Waals surface area contributed by atoms with Crippen molar-refractivity contribution in [1.82, 2.24) is 5.32 Å². The standard InChI is InChI=1S/C17H25NO4/c1-3-4-10-22-13(2)16(19)18-12-15(17(20)21)11-14-8-6-5-7-9-14/h5-9,13,15H,3-4,10-12H2,1-2H3,(H,18,19)(H,20,21). The van der Waals surface area contributed by atoms with E-state index in [1.807, 2.05) is 30.3 Å². The van der Waals surface area contributed by atoms with E-state index >= 15 is 0 Å². The van der Waals surface area contributed by atoms with Crippen molar-refractivity contribution in [2.45, 2.75) is 39.2 Å². The lowest BCUT2D eigenvalue weighted by Gasteiger charge is -2.16. The Labute approximate surface area is 131 Å². The zero-order valence-corrected chi connectivity index (χ0v) is 13.2. The highest BCUT2D eigenvalue weighted by molar-refractivity contribution is 5.81. The molecule has 0 heterocycles. The summed E-state index contributed by atoms with van der Waals surface area (Å²) in [6.07, 6.45) is 1.75. The van der Waals surface area contributed by atoms with E-state index in [1.54, 1.807) is 6.92 Å². The predicted molar refractivity (Wildman–Crippen MR) is 84.6 cm³/mol. The van der Waals surface area contributed by atoms with Gasteiger partial charge in [0.2, 0.25) is 5.91 Å². The number of carbonyl (C=O) groups excluding carboxylic acids is 1. The molecule has 5 nitrogen and oxygen atoms in total. The molecule has 0 saturated heterocycles. The van der Waals surface area contributed by atoms with Gasteiger partial charge >= 0.3 is 5.97 Å². The molecular weight excluding hydrogens is 282 g/mol. The first-order valence-corrected chi connectivity index (χ1v) is 7.70. The van der Waals surface area contributed by atoms with Crippen LogP contribution in [-0.2, 0) is 20.7 Å². The maximum Gasteiger partial charge on any atom is 0.308 e. The molecule has 5 heteroatoms. The fourth-order valence-corrected chi connectivity index (χ4v) is 1.99. The minimum Gasteiger partial charge on any atom is -0.481 e. The second-order valence-corrected chi connectivity index (χ2v) is 5.34. The number of benzene rings is 1. The molecule has 1 amide bonds. The first kappa shape index (κ1) is 18.2. The van der Waals surface area contributed by atoms with E-state index < -0.39 is 18.0 Å². The molecule has 122 valence electrons. The Morgan fingerprint density at radius 3 is 2.55 bits per heavy atom. The number of carbonyl (C=O) groups is 2. The van der Waals surface area contributed by atoms with Crippen LogP contribution in [0.1, 0.15) is 32.3 Å². The van der Waals surface area contributed by atoms with E-state index in [0.717, 1.165) is 18.4 Å². The van der Waals surface area contributed by atoms with Crippen molar-refractivity contribution in [2.24, 2.45) is 5.92 Å². The van der Waals surface area contributed by atoms with Gasteiger partial charge in [-0.05, 0) is 25.3 Å². The van der Waals surface area contributed by atoms with Crippen LogP contribution in [0.25, 0.3) is 0 Å². The van der Waals surface area contributed by atoms with Crippen molar-refractivity contribution in [3.8, 4) is 0 Å². The van der Waals surface area contributed by atoms with Crippen LogP contribution in [0.5, 0.6) is 0 Å². The van der Waals surface area contributed by atoms with Gasteiger partial charge in [-0.3, -0.25) is 9.59 Å². The largest absolute Gasteiger partial charge is 0.481 e. The smallest absolute Gasteiger partial charge is 0.308 e. The molecule has 2 unspecified atom stereocenters. The minimum absolute atomic E-state index is 0.102. The summed E-state index contributed by atoms with van der Waals surface area (Å²) in [6.45, 7) is 4.37. The predicted octanol–water partition coefficient (Wildman–Crippen LogP) is 2.25. The Kier molecular flexibility index (Phi) is 8.22. The lowest BCUT2D eigenvalue weighted by Crippen LogP contribution is -2.39. The van der Waals surface area contributed by atoms with Crippen LogP contribution in [0, 0.1) is 5.92 Å². The summed E-state index contributed by atoms with van der Waals surface area (Å²) in [5.41, 5.74) is 0.941. The number of amides is 1. The maximum atomic E-state index is 11.9. The van der Waals surface area contributed by atoms with Crippen molar-refractivity contribution in [3.05, 3.63) is 35.9 Å². The second kappa shape index (κ2) is 9.95. The summed E-state index contributed by atoms with van der Waals surface area (Å²) in [4.78, 5) is 23.2.